The SMILES string of the molecule is CS(=O)(=O)NC1=Cc2c(-c3cccc(F)c3)n[nH]c2CC1. The maximum Gasteiger partial charge on any atom is 0.229 e. The molecule has 0 amide bonds. The highest BCUT2D eigenvalue weighted by molar-refractivity contribution is 7.88. The van der Waals surface area contributed by atoms with E-state index in [1.807, 2.05) is 0 Å². The van der Waals surface area contributed by atoms with Crippen molar-refractivity contribution >= 4 is 16.1 Å². The number of benzene rings is 1. The molecule has 7 heteroatoms. The first-order chi connectivity index (χ1) is 9.92. The van der Waals surface area contributed by atoms with Crippen LogP contribution in [0.3, 0.4) is 0 Å². The van der Waals surface area contributed by atoms with E-state index in [4.69, 9.17) is 0 Å². The first kappa shape index (κ1) is 13.8. The lowest BCUT2D eigenvalue weighted by Gasteiger charge is -2.14. The second-order valence-electron chi connectivity index (χ2n) is 5.02. The minimum atomic E-state index is -3.30. The molecule has 0 saturated heterocycles. The summed E-state index contributed by atoms with van der Waals surface area (Å²) in [5, 5.41) is 7.16. The number of allylic oxidation sites excluding steroid dienone is 1. The van der Waals surface area contributed by atoms with E-state index in [0.717, 1.165) is 17.5 Å². The molecule has 5 nitrogen and oxygen atoms in total. The number of hydrogen-bond acceptors (Lipinski definition) is 3. The summed E-state index contributed by atoms with van der Waals surface area (Å²) in [7, 11) is -3.30. The number of aromatic nitrogens is 2. The van der Waals surface area contributed by atoms with Gasteiger partial charge in [-0.25, -0.2) is 12.8 Å². The summed E-state index contributed by atoms with van der Waals surface area (Å²) in [4.78, 5) is 0. The Morgan fingerprint density at radius 1 is 1.33 bits per heavy atom. The molecule has 1 aliphatic rings. The standard InChI is InChI=1S/C14H14FN3O2S/c1-21(19,20)18-11-5-6-13-12(8-11)14(17-16-13)9-3-2-4-10(15)7-9/h2-4,7-8,18H,5-6H2,1H3,(H,16,17). The third kappa shape index (κ3) is 2.97. The van der Waals surface area contributed by atoms with Gasteiger partial charge in [-0.3, -0.25) is 9.82 Å². The van der Waals surface area contributed by atoms with Gasteiger partial charge < -0.3 is 0 Å². The molecule has 3 rings (SSSR count). The third-order valence-electron chi connectivity index (χ3n) is 3.26. The Hall–Kier alpha value is -2.15. The highest BCUT2D eigenvalue weighted by atomic mass is 32.2. The van der Waals surface area contributed by atoms with Crippen molar-refractivity contribution in [3.63, 3.8) is 0 Å². The van der Waals surface area contributed by atoms with E-state index >= 15 is 0 Å². The first-order valence-electron chi connectivity index (χ1n) is 6.44. The van der Waals surface area contributed by atoms with Crippen molar-refractivity contribution < 1.29 is 12.8 Å². The maximum absolute atomic E-state index is 13.3. The zero-order valence-corrected chi connectivity index (χ0v) is 12.2. The molecule has 1 heterocycles. The number of nitrogens with one attached hydrogen (secondary N) is 2. The summed E-state index contributed by atoms with van der Waals surface area (Å²) in [6.45, 7) is 0. The van der Waals surface area contributed by atoms with Crippen LogP contribution in [0.2, 0.25) is 0 Å². The van der Waals surface area contributed by atoms with E-state index in [-0.39, 0.29) is 5.82 Å². The Morgan fingerprint density at radius 3 is 2.86 bits per heavy atom. The minimum Gasteiger partial charge on any atom is -0.288 e. The van der Waals surface area contributed by atoms with Gasteiger partial charge in [-0.05, 0) is 31.1 Å². The topological polar surface area (TPSA) is 74.8 Å². The molecule has 110 valence electrons. The summed E-state index contributed by atoms with van der Waals surface area (Å²) in [6.07, 6.45) is 4.12. The second-order valence-corrected chi connectivity index (χ2v) is 6.77. The van der Waals surface area contributed by atoms with Crippen LogP contribution in [0.5, 0.6) is 0 Å². The average Bonchev–Trinajstić information content (AvgIpc) is 2.80. The largest absolute Gasteiger partial charge is 0.288 e. The van der Waals surface area contributed by atoms with Crippen LogP contribution < -0.4 is 4.72 Å². The summed E-state index contributed by atoms with van der Waals surface area (Å²) in [5.74, 6) is -0.335. The van der Waals surface area contributed by atoms with Crippen molar-refractivity contribution in [1.29, 1.82) is 0 Å². The van der Waals surface area contributed by atoms with Gasteiger partial charge in [-0.2, -0.15) is 5.10 Å². The molecule has 1 aliphatic carbocycles. The van der Waals surface area contributed by atoms with Crippen LogP contribution in [-0.2, 0) is 16.4 Å². The molecule has 0 bridgehead atoms. The lowest BCUT2D eigenvalue weighted by atomic mass is 9.97. The van der Waals surface area contributed by atoms with Crippen molar-refractivity contribution in [1.82, 2.24) is 14.9 Å². The molecule has 2 N–H and O–H groups in total. The molecule has 0 radical (unpaired) electrons. The highest BCUT2D eigenvalue weighted by Gasteiger charge is 2.19. The minimum absolute atomic E-state index is 0.335. The monoisotopic (exact) mass is 307 g/mol. The van der Waals surface area contributed by atoms with Gasteiger partial charge in [0.25, 0.3) is 0 Å². The number of H-pyrrole nitrogens is 1. The van der Waals surface area contributed by atoms with Gasteiger partial charge in [0.2, 0.25) is 10.0 Å². The predicted molar refractivity (Wildman–Crippen MR) is 78.3 cm³/mol. The number of fused-ring (bicyclic) bond motifs is 1. The maximum atomic E-state index is 13.3. The molecular formula is C14H14FN3O2S. The fraction of sp³-hybridized carbons (Fsp3) is 0.214. The Kier molecular flexibility index (Phi) is 3.29. The van der Waals surface area contributed by atoms with Crippen molar-refractivity contribution in [3.8, 4) is 11.3 Å². The quantitative estimate of drug-likeness (QED) is 0.911. The molecule has 0 atom stereocenters. The van der Waals surface area contributed by atoms with Gasteiger partial charge >= 0.3 is 0 Å². The van der Waals surface area contributed by atoms with Crippen LogP contribution in [0.1, 0.15) is 17.7 Å². The Morgan fingerprint density at radius 2 is 2.14 bits per heavy atom. The van der Waals surface area contributed by atoms with Crippen molar-refractivity contribution in [2.45, 2.75) is 12.8 Å². The van der Waals surface area contributed by atoms with Gasteiger partial charge in [-0.1, -0.05) is 12.1 Å². The number of aromatic amines is 1. The molecule has 0 saturated carbocycles. The summed E-state index contributed by atoms with van der Waals surface area (Å²) < 4.78 is 38.5. The first-order valence-corrected chi connectivity index (χ1v) is 8.33. The molecule has 2 aromatic rings. The Labute approximate surface area is 121 Å². The van der Waals surface area contributed by atoms with E-state index < -0.39 is 10.0 Å². The zero-order valence-electron chi connectivity index (χ0n) is 11.4. The molecule has 0 fully saturated rings. The Balaban J connectivity index is 2.04. The fourth-order valence-electron chi connectivity index (χ4n) is 2.41. The lowest BCUT2D eigenvalue weighted by molar-refractivity contribution is 0.593. The molecule has 0 spiro atoms. The lowest BCUT2D eigenvalue weighted by Crippen LogP contribution is -2.22. The molecule has 1 aromatic heterocycles. The Bertz CT molecular complexity index is 824. The fourth-order valence-corrected chi connectivity index (χ4v) is 3.05. The second kappa shape index (κ2) is 5.00. The molecule has 21 heavy (non-hydrogen) atoms. The number of aryl methyl sites for hydroxylation is 1. The van der Waals surface area contributed by atoms with Gasteiger partial charge in [-0.15, -0.1) is 0 Å². The van der Waals surface area contributed by atoms with E-state index in [9.17, 15) is 12.8 Å². The van der Waals surface area contributed by atoms with Crippen molar-refractivity contribution in [3.05, 3.63) is 47.0 Å². The van der Waals surface area contributed by atoms with Crippen molar-refractivity contribution in [2.24, 2.45) is 0 Å². The van der Waals surface area contributed by atoms with Gasteiger partial charge in [0.15, 0.2) is 0 Å². The van der Waals surface area contributed by atoms with Crippen LogP contribution >= 0.6 is 0 Å². The van der Waals surface area contributed by atoms with Gasteiger partial charge in [0.1, 0.15) is 5.82 Å². The van der Waals surface area contributed by atoms with Crippen LogP contribution in [-0.4, -0.2) is 24.9 Å². The number of rotatable bonds is 3. The van der Waals surface area contributed by atoms with E-state index in [2.05, 4.69) is 14.9 Å². The number of sulfonamides is 1. The van der Waals surface area contributed by atoms with Crippen LogP contribution in [0.4, 0.5) is 4.39 Å². The molecule has 0 unspecified atom stereocenters. The number of nitrogens with zero attached hydrogens (tertiary/aromatic N) is 1. The van der Waals surface area contributed by atoms with E-state index in [0.29, 0.717) is 29.8 Å². The van der Waals surface area contributed by atoms with E-state index in [1.165, 1.54) is 12.1 Å². The van der Waals surface area contributed by atoms with Gasteiger partial charge in [0.05, 0.1) is 11.9 Å². The average molecular weight is 307 g/mol. The molecule has 1 aromatic carbocycles. The summed E-state index contributed by atoms with van der Waals surface area (Å²) in [5.41, 5.74) is 3.62. The molecule has 0 aliphatic heterocycles. The van der Waals surface area contributed by atoms with Crippen molar-refractivity contribution in [2.75, 3.05) is 6.26 Å². The summed E-state index contributed by atoms with van der Waals surface area (Å²) >= 11 is 0. The third-order valence-corrected chi connectivity index (χ3v) is 3.89. The highest BCUT2D eigenvalue weighted by Crippen LogP contribution is 2.30. The smallest absolute Gasteiger partial charge is 0.229 e. The number of halogens is 1. The van der Waals surface area contributed by atoms with Crippen LogP contribution in [0, 0.1) is 5.82 Å². The van der Waals surface area contributed by atoms with E-state index in [1.54, 1.807) is 18.2 Å². The predicted octanol–water partition coefficient (Wildman–Crippen LogP) is 2.05. The zero-order chi connectivity index (χ0) is 15.0. The van der Waals surface area contributed by atoms with Crippen LogP contribution in [0.15, 0.2) is 30.0 Å². The van der Waals surface area contributed by atoms with Crippen LogP contribution in [0.25, 0.3) is 17.3 Å². The number of hydrogen-bond donors (Lipinski definition) is 2. The van der Waals surface area contributed by atoms with Gasteiger partial charge in [0, 0.05) is 22.5 Å². The normalized spacial score (nSPS) is 14.5. The molecular weight excluding hydrogens is 293 g/mol. The summed E-state index contributed by atoms with van der Waals surface area (Å²) in [6, 6.07) is 6.16.